The third-order valence-corrected chi connectivity index (χ3v) is 2.91. The maximum Gasteiger partial charge on any atom is 0.348 e. The zero-order chi connectivity index (χ0) is 14.7. The minimum Gasteiger partial charge on any atom is -0.321 e. The lowest BCUT2D eigenvalue weighted by Gasteiger charge is -2.21. The zero-order valence-corrected chi connectivity index (χ0v) is 11.2. The Bertz CT molecular complexity index is 653. The third kappa shape index (κ3) is 2.67. The van der Waals surface area contributed by atoms with Crippen LogP contribution in [0.4, 0.5) is 21.6 Å². The summed E-state index contributed by atoms with van der Waals surface area (Å²) >= 11 is 5.75. The first-order chi connectivity index (χ1) is 9.54. The van der Waals surface area contributed by atoms with Gasteiger partial charge in [-0.15, -0.1) is 0 Å². The van der Waals surface area contributed by atoms with Crippen molar-refractivity contribution in [1.82, 2.24) is 9.97 Å². The smallest absolute Gasteiger partial charge is 0.321 e. The molecule has 0 aliphatic carbocycles. The van der Waals surface area contributed by atoms with Gasteiger partial charge >= 0.3 is 5.69 Å². The van der Waals surface area contributed by atoms with Crippen molar-refractivity contribution in [2.24, 2.45) is 0 Å². The van der Waals surface area contributed by atoms with Crippen molar-refractivity contribution >= 4 is 28.8 Å². The normalized spacial score (nSPS) is 10.3. The molecule has 0 saturated heterocycles. The number of aromatic nitrogens is 2. The van der Waals surface area contributed by atoms with E-state index in [0.29, 0.717) is 12.2 Å². The molecule has 20 heavy (non-hydrogen) atoms. The Kier molecular flexibility index (Phi) is 4.09. The molecule has 1 aromatic carbocycles. The fourth-order valence-corrected chi connectivity index (χ4v) is 2.00. The van der Waals surface area contributed by atoms with Crippen LogP contribution >= 0.6 is 11.6 Å². The third-order valence-electron chi connectivity index (χ3n) is 2.63. The van der Waals surface area contributed by atoms with E-state index in [-0.39, 0.29) is 11.0 Å². The molecule has 0 unspecified atom stereocenters. The standard InChI is InChI=1S/C12H10ClFN4O2/c1-2-17(9-5-3-4-8(14)6-9)12-10(18(19)20)11(13)15-7-16-12/h3-7H,2H2,1H3. The van der Waals surface area contributed by atoms with Crippen LogP contribution in [0.2, 0.25) is 5.15 Å². The molecule has 0 bridgehead atoms. The first kappa shape index (κ1) is 14.1. The molecule has 1 aromatic heterocycles. The molecule has 6 nitrogen and oxygen atoms in total. The lowest BCUT2D eigenvalue weighted by atomic mass is 10.2. The Morgan fingerprint density at radius 1 is 1.45 bits per heavy atom. The highest BCUT2D eigenvalue weighted by Crippen LogP contribution is 2.35. The van der Waals surface area contributed by atoms with Gasteiger partial charge in [-0.1, -0.05) is 17.7 Å². The van der Waals surface area contributed by atoms with Gasteiger partial charge in [0.1, 0.15) is 12.1 Å². The van der Waals surface area contributed by atoms with Crippen LogP contribution in [0.5, 0.6) is 0 Å². The molecular formula is C12H10ClFN4O2. The van der Waals surface area contributed by atoms with E-state index in [2.05, 4.69) is 9.97 Å². The van der Waals surface area contributed by atoms with Crippen molar-refractivity contribution in [3.63, 3.8) is 0 Å². The van der Waals surface area contributed by atoms with Crippen LogP contribution in [0.15, 0.2) is 30.6 Å². The van der Waals surface area contributed by atoms with Crippen LogP contribution < -0.4 is 4.90 Å². The maximum atomic E-state index is 13.3. The molecule has 0 saturated carbocycles. The molecule has 1 heterocycles. The van der Waals surface area contributed by atoms with Gasteiger partial charge in [0.05, 0.1) is 4.92 Å². The average molecular weight is 297 g/mol. The van der Waals surface area contributed by atoms with Gasteiger partial charge < -0.3 is 4.90 Å². The van der Waals surface area contributed by atoms with E-state index in [1.165, 1.54) is 23.1 Å². The first-order valence-corrected chi connectivity index (χ1v) is 6.10. The Morgan fingerprint density at radius 3 is 2.80 bits per heavy atom. The highest BCUT2D eigenvalue weighted by atomic mass is 35.5. The second-order valence-electron chi connectivity index (χ2n) is 3.82. The number of hydrogen-bond acceptors (Lipinski definition) is 5. The summed E-state index contributed by atoms with van der Waals surface area (Å²) in [5, 5.41) is 10.8. The lowest BCUT2D eigenvalue weighted by Crippen LogP contribution is -2.19. The van der Waals surface area contributed by atoms with E-state index >= 15 is 0 Å². The highest BCUT2D eigenvalue weighted by molar-refractivity contribution is 6.31. The fraction of sp³-hybridized carbons (Fsp3) is 0.167. The molecule has 0 spiro atoms. The summed E-state index contributed by atoms with van der Waals surface area (Å²) in [7, 11) is 0. The molecule has 2 aromatic rings. The predicted molar refractivity (Wildman–Crippen MR) is 72.8 cm³/mol. The number of hydrogen-bond donors (Lipinski definition) is 0. The van der Waals surface area contributed by atoms with E-state index in [9.17, 15) is 14.5 Å². The van der Waals surface area contributed by atoms with Gasteiger partial charge in [-0.25, -0.2) is 14.4 Å². The summed E-state index contributed by atoms with van der Waals surface area (Å²) in [6.45, 7) is 2.13. The second kappa shape index (κ2) is 5.79. The number of nitro groups is 1. The molecule has 8 heteroatoms. The van der Waals surface area contributed by atoms with Crippen LogP contribution in [0.25, 0.3) is 0 Å². The monoisotopic (exact) mass is 296 g/mol. The van der Waals surface area contributed by atoms with Crippen LogP contribution in [0, 0.1) is 15.9 Å². The summed E-state index contributed by atoms with van der Waals surface area (Å²) in [5.41, 5.74) is 0.0469. The van der Waals surface area contributed by atoms with Gasteiger partial charge in [0.25, 0.3) is 0 Å². The van der Waals surface area contributed by atoms with Crippen molar-refractivity contribution in [3.05, 3.63) is 51.7 Å². The van der Waals surface area contributed by atoms with Crippen molar-refractivity contribution in [2.45, 2.75) is 6.92 Å². The van der Waals surface area contributed by atoms with Crippen molar-refractivity contribution in [3.8, 4) is 0 Å². The molecule has 0 aliphatic rings. The summed E-state index contributed by atoms with van der Waals surface area (Å²) in [6, 6.07) is 5.70. The minimum absolute atomic E-state index is 0.0306. The molecule has 0 radical (unpaired) electrons. The topological polar surface area (TPSA) is 72.2 Å². The van der Waals surface area contributed by atoms with Crippen LogP contribution in [0.1, 0.15) is 6.92 Å². The summed E-state index contributed by atoms with van der Waals surface area (Å²) < 4.78 is 13.3. The number of benzene rings is 1. The van der Waals surface area contributed by atoms with Gasteiger partial charge in [0.2, 0.25) is 11.0 Å². The van der Waals surface area contributed by atoms with Gasteiger partial charge in [-0.2, -0.15) is 0 Å². The van der Waals surface area contributed by atoms with Gasteiger partial charge in [-0.05, 0) is 25.1 Å². The van der Waals surface area contributed by atoms with Gasteiger partial charge in [0.15, 0.2) is 0 Å². The molecular weight excluding hydrogens is 287 g/mol. The summed E-state index contributed by atoms with van der Waals surface area (Å²) in [5.74, 6) is -0.410. The Labute approximate surface area is 119 Å². The van der Waals surface area contributed by atoms with Crippen molar-refractivity contribution in [2.75, 3.05) is 11.4 Å². The first-order valence-electron chi connectivity index (χ1n) is 5.72. The quantitative estimate of drug-likeness (QED) is 0.491. The van der Waals surface area contributed by atoms with Gasteiger partial charge in [-0.3, -0.25) is 10.1 Å². The van der Waals surface area contributed by atoms with Crippen molar-refractivity contribution < 1.29 is 9.31 Å². The van der Waals surface area contributed by atoms with Crippen LogP contribution in [0.3, 0.4) is 0 Å². The lowest BCUT2D eigenvalue weighted by molar-refractivity contribution is -0.384. The molecule has 0 N–H and O–H groups in total. The Morgan fingerprint density at radius 2 is 2.20 bits per heavy atom. The molecule has 2 rings (SSSR count). The SMILES string of the molecule is CCN(c1cccc(F)c1)c1ncnc(Cl)c1[N+](=O)[O-]. The van der Waals surface area contributed by atoms with Crippen LogP contribution in [-0.2, 0) is 0 Å². The minimum atomic E-state index is -0.653. The average Bonchev–Trinajstić information content (AvgIpc) is 2.39. The molecule has 0 aliphatic heterocycles. The Hall–Kier alpha value is -2.28. The van der Waals surface area contributed by atoms with Gasteiger partial charge in [0, 0.05) is 12.2 Å². The second-order valence-corrected chi connectivity index (χ2v) is 4.18. The van der Waals surface area contributed by atoms with Crippen LogP contribution in [-0.4, -0.2) is 21.4 Å². The largest absolute Gasteiger partial charge is 0.348 e. The predicted octanol–water partition coefficient (Wildman–Crippen LogP) is 3.34. The van der Waals surface area contributed by atoms with E-state index in [0.717, 1.165) is 6.33 Å². The summed E-state index contributed by atoms with van der Waals surface area (Å²) in [6.07, 6.45) is 1.13. The maximum absolute atomic E-state index is 13.3. The number of rotatable bonds is 4. The zero-order valence-electron chi connectivity index (χ0n) is 10.5. The fourth-order valence-electron chi connectivity index (χ4n) is 1.80. The Balaban J connectivity index is 2.58. The molecule has 0 atom stereocenters. The molecule has 0 amide bonds. The van der Waals surface area contributed by atoms with Crippen molar-refractivity contribution in [1.29, 1.82) is 0 Å². The van der Waals surface area contributed by atoms with E-state index in [4.69, 9.17) is 11.6 Å². The number of halogens is 2. The molecule has 104 valence electrons. The number of anilines is 2. The van der Waals surface area contributed by atoms with E-state index < -0.39 is 16.4 Å². The van der Waals surface area contributed by atoms with E-state index in [1.54, 1.807) is 13.0 Å². The van der Waals surface area contributed by atoms with E-state index in [1.807, 2.05) is 0 Å². The summed E-state index contributed by atoms with van der Waals surface area (Å²) in [4.78, 5) is 19.4. The molecule has 0 fully saturated rings. The highest BCUT2D eigenvalue weighted by Gasteiger charge is 2.26. The number of nitrogens with zero attached hydrogens (tertiary/aromatic N) is 4.